The lowest BCUT2D eigenvalue weighted by Gasteiger charge is -2.28. The van der Waals surface area contributed by atoms with Gasteiger partial charge in [0.25, 0.3) is 0 Å². The summed E-state index contributed by atoms with van der Waals surface area (Å²) in [6.07, 6.45) is 1.30. The van der Waals surface area contributed by atoms with Crippen LogP contribution in [-0.2, 0) is 6.54 Å². The predicted molar refractivity (Wildman–Crippen MR) is 95.9 cm³/mol. The monoisotopic (exact) mass is 352 g/mol. The molecule has 0 bridgehead atoms. The summed E-state index contributed by atoms with van der Waals surface area (Å²) in [5, 5.41) is 3.47. The molecule has 3 heteroatoms. The fourth-order valence-electron chi connectivity index (χ4n) is 2.92. The molecule has 21 heavy (non-hydrogen) atoms. The molecule has 1 aromatic carbocycles. The lowest BCUT2D eigenvalue weighted by Crippen LogP contribution is -2.26. The summed E-state index contributed by atoms with van der Waals surface area (Å²) in [4.78, 5) is 2.53. The van der Waals surface area contributed by atoms with Gasteiger partial charge < -0.3 is 10.2 Å². The molecule has 1 N–H and O–H groups in total. The van der Waals surface area contributed by atoms with E-state index in [0.717, 1.165) is 12.5 Å². The fourth-order valence-corrected chi connectivity index (χ4v) is 3.60. The van der Waals surface area contributed by atoms with E-state index < -0.39 is 0 Å². The molecule has 1 unspecified atom stereocenters. The van der Waals surface area contributed by atoms with Crippen LogP contribution >= 0.6 is 15.9 Å². The van der Waals surface area contributed by atoms with Gasteiger partial charge in [-0.05, 0) is 51.4 Å². The van der Waals surface area contributed by atoms with Crippen molar-refractivity contribution in [2.75, 3.05) is 18.0 Å². The molecule has 1 aromatic rings. The van der Waals surface area contributed by atoms with Gasteiger partial charge in [-0.25, -0.2) is 0 Å². The van der Waals surface area contributed by atoms with Crippen molar-refractivity contribution in [3.8, 4) is 0 Å². The van der Waals surface area contributed by atoms with E-state index in [2.05, 4.69) is 79.0 Å². The van der Waals surface area contributed by atoms with Gasteiger partial charge in [0.15, 0.2) is 0 Å². The number of benzene rings is 1. The van der Waals surface area contributed by atoms with Crippen LogP contribution in [0.4, 0.5) is 5.69 Å². The highest BCUT2D eigenvalue weighted by atomic mass is 79.9. The van der Waals surface area contributed by atoms with Crippen molar-refractivity contribution in [2.24, 2.45) is 11.3 Å². The van der Waals surface area contributed by atoms with Crippen molar-refractivity contribution in [3.63, 3.8) is 0 Å². The van der Waals surface area contributed by atoms with Gasteiger partial charge >= 0.3 is 0 Å². The lowest BCUT2D eigenvalue weighted by molar-refractivity contribution is 0.263. The summed E-state index contributed by atoms with van der Waals surface area (Å²) in [6, 6.07) is 7.30. The zero-order chi connectivity index (χ0) is 15.6. The van der Waals surface area contributed by atoms with Crippen LogP contribution in [0.2, 0.25) is 0 Å². The largest absolute Gasteiger partial charge is 0.370 e. The minimum Gasteiger partial charge on any atom is -0.370 e. The molecule has 1 heterocycles. The summed E-state index contributed by atoms with van der Waals surface area (Å²) in [6.45, 7) is 14.7. The average Bonchev–Trinajstić information content (AvgIpc) is 2.85. The Bertz CT molecular complexity index is 477. The van der Waals surface area contributed by atoms with E-state index in [-0.39, 0.29) is 0 Å². The second-order valence-corrected chi connectivity index (χ2v) is 8.47. The normalized spacial score (nSPS) is 19.6. The standard InChI is InChI=1S/C18H29BrN2/c1-13(2)20-11-14-6-7-17(16(19)10-14)21-9-8-15(12-21)18(3,4)5/h6-7,10,13,15,20H,8-9,11-12H2,1-5H3. The van der Waals surface area contributed by atoms with Gasteiger partial charge in [0, 0.05) is 30.1 Å². The third-order valence-electron chi connectivity index (χ3n) is 4.48. The van der Waals surface area contributed by atoms with Crippen LogP contribution < -0.4 is 10.2 Å². The number of anilines is 1. The molecular formula is C18H29BrN2. The van der Waals surface area contributed by atoms with Gasteiger partial charge in [0.2, 0.25) is 0 Å². The zero-order valence-corrected chi connectivity index (χ0v) is 15.6. The van der Waals surface area contributed by atoms with Crippen LogP contribution in [0.3, 0.4) is 0 Å². The molecule has 0 saturated carbocycles. The maximum atomic E-state index is 3.77. The minimum atomic E-state index is 0.405. The molecule has 1 fully saturated rings. The van der Waals surface area contributed by atoms with Crippen molar-refractivity contribution in [1.29, 1.82) is 0 Å². The molecule has 0 aliphatic carbocycles. The Labute approximate surface area is 138 Å². The molecule has 2 rings (SSSR count). The van der Waals surface area contributed by atoms with Crippen LogP contribution in [0.1, 0.15) is 46.6 Å². The number of halogens is 1. The molecule has 0 spiro atoms. The Kier molecular flexibility index (Phi) is 5.37. The van der Waals surface area contributed by atoms with Crippen molar-refractivity contribution < 1.29 is 0 Å². The van der Waals surface area contributed by atoms with Gasteiger partial charge in [0.1, 0.15) is 0 Å². The van der Waals surface area contributed by atoms with E-state index in [1.165, 1.54) is 35.2 Å². The van der Waals surface area contributed by atoms with Crippen molar-refractivity contribution in [1.82, 2.24) is 5.32 Å². The molecular weight excluding hydrogens is 324 g/mol. The van der Waals surface area contributed by atoms with Gasteiger partial charge in [-0.15, -0.1) is 0 Å². The van der Waals surface area contributed by atoms with E-state index in [9.17, 15) is 0 Å². The van der Waals surface area contributed by atoms with Crippen LogP contribution in [0.5, 0.6) is 0 Å². The first-order valence-electron chi connectivity index (χ1n) is 8.04. The Balaban J connectivity index is 2.05. The minimum absolute atomic E-state index is 0.405. The third kappa shape index (κ3) is 4.46. The first-order valence-corrected chi connectivity index (χ1v) is 8.83. The zero-order valence-electron chi connectivity index (χ0n) is 14.0. The molecule has 1 aliphatic rings. The molecule has 1 aliphatic heterocycles. The Hall–Kier alpha value is -0.540. The first-order chi connectivity index (χ1) is 9.77. The van der Waals surface area contributed by atoms with E-state index in [0.29, 0.717) is 11.5 Å². The lowest BCUT2D eigenvalue weighted by atomic mass is 9.80. The summed E-state index contributed by atoms with van der Waals surface area (Å²) in [5.74, 6) is 0.784. The second-order valence-electron chi connectivity index (χ2n) is 7.62. The first kappa shape index (κ1) is 16.8. The predicted octanol–water partition coefficient (Wildman–Crippen LogP) is 4.82. The maximum Gasteiger partial charge on any atom is 0.0510 e. The highest BCUT2D eigenvalue weighted by Crippen LogP contribution is 2.38. The van der Waals surface area contributed by atoms with Crippen molar-refractivity contribution >= 4 is 21.6 Å². The Morgan fingerprint density at radius 1 is 1.33 bits per heavy atom. The fraction of sp³-hybridized carbons (Fsp3) is 0.667. The molecule has 1 atom stereocenters. The third-order valence-corrected chi connectivity index (χ3v) is 5.12. The molecule has 2 nitrogen and oxygen atoms in total. The van der Waals surface area contributed by atoms with Crippen LogP contribution in [0, 0.1) is 11.3 Å². The smallest absolute Gasteiger partial charge is 0.0510 e. The topological polar surface area (TPSA) is 15.3 Å². The van der Waals surface area contributed by atoms with Crippen molar-refractivity contribution in [3.05, 3.63) is 28.2 Å². The average molecular weight is 353 g/mol. The number of nitrogens with one attached hydrogen (secondary N) is 1. The molecule has 118 valence electrons. The highest BCUT2D eigenvalue weighted by Gasteiger charge is 2.32. The number of hydrogen-bond donors (Lipinski definition) is 1. The molecule has 1 saturated heterocycles. The number of nitrogens with zero attached hydrogens (tertiary/aromatic N) is 1. The summed E-state index contributed by atoms with van der Waals surface area (Å²) in [7, 11) is 0. The molecule has 0 aromatic heterocycles. The summed E-state index contributed by atoms with van der Waals surface area (Å²) >= 11 is 3.77. The molecule has 0 radical (unpaired) electrons. The van der Waals surface area contributed by atoms with E-state index >= 15 is 0 Å². The van der Waals surface area contributed by atoms with Crippen LogP contribution in [0.15, 0.2) is 22.7 Å². The Morgan fingerprint density at radius 2 is 2.05 bits per heavy atom. The second kappa shape index (κ2) is 6.70. The van der Waals surface area contributed by atoms with Gasteiger partial charge in [-0.2, -0.15) is 0 Å². The number of rotatable bonds is 4. The summed E-state index contributed by atoms with van der Waals surface area (Å²) in [5.41, 5.74) is 3.09. The van der Waals surface area contributed by atoms with Gasteiger partial charge in [-0.3, -0.25) is 0 Å². The summed E-state index contributed by atoms with van der Waals surface area (Å²) < 4.78 is 1.22. The van der Waals surface area contributed by atoms with E-state index in [1.807, 2.05) is 0 Å². The van der Waals surface area contributed by atoms with Crippen LogP contribution in [0.25, 0.3) is 0 Å². The van der Waals surface area contributed by atoms with Crippen molar-refractivity contribution in [2.45, 2.75) is 53.6 Å². The quantitative estimate of drug-likeness (QED) is 0.835. The van der Waals surface area contributed by atoms with Gasteiger partial charge in [-0.1, -0.05) is 40.7 Å². The van der Waals surface area contributed by atoms with Gasteiger partial charge in [0.05, 0.1) is 5.69 Å². The number of hydrogen-bond acceptors (Lipinski definition) is 2. The van der Waals surface area contributed by atoms with E-state index in [4.69, 9.17) is 0 Å². The molecule has 0 amide bonds. The van der Waals surface area contributed by atoms with E-state index in [1.54, 1.807) is 0 Å². The maximum absolute atomic E-state index is 3.77. The Morgan fingerprint density at radius 3 is 2.57 bits per heavy atom. The highest BCUT2D eigenvalue weighted by molar-refractivity contribution is 9.10. The van der Waals surface area contributed by atoms with Crippen LogP contribution in [-0.4, -0.2) is 19.1 Å². The SMILES string of the molecule is CC(C)NCc1ccc(N2CCC(C(C)(C)C)C2)c(Br)c1.